The number of imidazole rings is 1. The van der Waals surface area contributed by atoms with Crippen molar-refractivity contribution < 1.29 is 8.42 Å². The van der Waals surface area contributed by atoms with Gasteiger partial charge in [0.1, 0.15) is 5.52 Å². The van der Waals surface area contributed by atoms with Crippen LogP contribution in [0.5, 0.6) is 0 Å². The van der Waals surface area contributed by atoms with E-state index in [1.807, 2.05) is 26.0 Å². The van der Waals surface area contributed by atoms with Gasteiger partial charge < -0.3 is 4.57 Å². The maximum atomic E-state index is 13.0. The Morgan fingerprint density at radius 1 is 1.03 bits per heavy atom. The Kier molecular flexibility index (Phi) is 7.34. The van der Waals surface area contributed by atoms with E-state index in [1.165, 1.54) is 20.7 Å². The van der Waals surface area contributed by atoms with E-state index in [0.717, 1.165) is 24.9 Å². The Morgan fingerprint density at radius 3 is 2.53 bits per heavy atom. The van der Waals surface area contributed by atoms with E-state index in [2.05, 4.69) is 21.8 Å². The monoisotopic (exact) mass is 500 g/mol. The molecule has 0 radical (unpaired) electrons. The molecule has 34 heavy (non-hydrogen) atoms. The largest absolute Gasteiger partial charge is 0.319 e. The Morgan fingerprint density at radius 2 is 1.79 bits per heavy atom. The molecule has 0 atom stereocenters. The minimum atomic E-state index is -3.58. The smallest absolute Gasteiger partial charge is 0.278 e. The minimum absolute atomic E-state index is 0.207. The molecule has 2 aromatic carbocycles. The molecule has 2 heterocycles. The Hall–Kier alpha value is -2.76. The van der Waals surface area contributed by atoms with Crippen LogP contribution in [0.3, 0.4) is 0 Å². The van der Waals surface area contributed by atoms with E-state index in [0.29, 0.717) is 34.7 Å². The molecule has 0 aliphatic heterocycles. The lowest BCUT2D eigenvalue weighted by Gasteiger charge is -2.18. The van der Waals surface area contributed by atoms with Gasteiger partial charge in [-0.1, -0.05) is 56.3 Å². The van der Waals surface area contributed by atoms with Crippen molar-refractivity contribution in [2.24, 2.45) is 0 Å². The number of thioether (sulfide) groups is 1. The SMILES string of the molecule is CCCCn1c(SCn2nnc3ccccc3c2=O)nc2cc(S(=O)(=O)N(CC)CC)ccc21. The van der Waals surface area contributed by atoms with Crippen LogP contribution < -0.4 is 5.56 Å². The first-order chi connectivity index (χ1) is 16.4. The van der Waals surface area contributed by atoms with Crippen molar-refractivity contribution in [2.45, 2.75) is 56.1 Å². The molecule has 0 N–H and O–H groups in total. The highest BCUT2D eigenvalue weighted by Crippen LogP contribution is 2.28. The highest BCUT2D eigenvalue weighted by molar-refractivity contribution is 7.98. The summed E-state index contributed by atoms with van der Waals surface area (Å²) in [6.07, 6.45) is 1.96. The van der Waals surface area contributed by atoms with Gasteiger partial charge in [-0.25, -0.2) is 13.4 Å². The number of nitrogens with zero attached hydrogens (tertiary/aromatic N) is 6. The summed E-state index contributed by atoms with van der Waals surface area (Å²) >= 11 is 1.38. The molecular weight excluding hydrogens is 472 g/mol. The zero-order valence-electron chi connectivity index (χ0n) is 19.5. The number of aromatic nitrogens is 5. The van der Waals surface area contributed by atoms with Gasteiger partial charge >= 0.3 is 0 Å². The number of fused-ring (bicyclic) bond motifs is 2. The van der Waals surface area contributed by atoms with Gasteiger partial charge in [-0.2, -0.15) is 8.99 Å². The van der Waals surface area contributed by atoms with Crippen molar-refractivity contribution in [1.82, 2.24) is 28.9 Å². The topological polar surface area (TPSA) is 103 Å². The van der Waals surface area contributed by atoms with E-state index in [4.69, 9.17) is 4.98 Å². The van der Waals surface area contributed by atoms with Crippen molar-refractivity contribution in [1.29, 1.82) is 0 Å². The number of hydrogen-bond donors (Lipinski definition) is 0. The molecule has 0 saturated heterocycles. The first-order valence-electron chi connectivity index (χ1n) is 11.4. The summed E-state index contributed by atoms with van der Waals surface area (Å²) in [4.78, 5) is 17.8. The number of aryl methyl sites for hydroxylation is 1. The summed E-state index contributed by atoms with van der Waals surface area (Å²) in [6.45, 7) is 7.33. The first kappa shape index (κ1) is 24.4. The second-order valence-corrected chi connectivity index (χ2v) is 10.7. The van der Waals surface area contributed by atoms with Crippen molar-refractivity contribution in [3.05, 3.63) is 52.8 Å². The fraction of sp³-hybridized carbons (Fsp3) is 0.391. The summed E-state index contributed by atoms with van der Waals surface area (Å²) in [7, 11) is -3.58. The van der Waals surface area contributed by atoms with Crippen molar-refractivity contribution in [2.75, 3.05) is 13.1 Å². The zero-order chi connectivity index (χ0) is 24.3. The van der Waals surface area contributed by atoms with Crippen LogP contribution in [-0.4, -0.2) is 50.4 Å². The van der Waals surface area contributed by atoms with E-state index in [9.17, 15) is 13.2 Å². The highest BCUT2D eigenvalue weighted by Gasteiger charge is 2.23. The Balaban J connectivity index is 1.70. The van der Waals surface area contributed by atoms with Crippen LogP contribution >= 0.6 is 11.8 Å². The van der Waals surface area contributed by atoms with E-state index >= 15 is 0 Å². The maximum Gasteiger partial charge on any atom is 0.278 e. The first-order valence-corrected chi connectivity index (χ1v) is 13.8. The second-order valence-electron chi connectivity index (χ2n) is 7.82. The van der Waals surface area contributed by atoms with Crippen LogP contribution in [0.4, 0.5) is 0 Å². The number of unbranched alkanes of at least 4 members (excludes halogenated alkanes) is 1. The highest BCUT2D eigenvalue weighted by atomic mass is 32.2. The zero-order valence-corrected chi connectivity index (χ0v) is 21.1. The third-order valence-corrected chi connectivity index (χ3v) is 8.70. The normalized spacial score (nSPS) is 12.2. The third kappa shape index (κ3) is 4.59. The third-order valence-electron chi connectivity index (χ3n) is 5.71. The molecule has 0 bridgehead atoms. The molecule has 0 amide bonds. The van der Waals surface area contributed by atoms with Crippen LogP contribution in [0.15, 0.2) is 57.3 Å². The molecule has 0 aliphatic rings. The van der Waals surface area contributed by atoms with Crippen LogP contribution in [-0.2, 0) is 22.4 Å². The molecule has 4 aromatic rings. The van der Waals surface area contributed by atoms with Gasteiger partial charge in [0.25, 0.3) is 5.56 Å². The van der Waals surface area contributed by atoms with Crippen LogP contribution in [0.2, 0.25) is 0 Å². The summed E-state index contributed by atoms with van der Waals surface area (Å²) < 4.78 is 30.8. The molecule has 0 spiro atoms. The molecule has 4 rings (SSSR count). The summed E-state index contributed by atoms with van der Waals surface area (Å²) in [5.41, 5.74) is 1.84. The average Bonchev–Trinajstić information content (AvgIpc) is 3.19. The lowest BCUT2D eigenvalue weighted by atomic mass is 10.2. The summed E-state index contributed by atoms with van der Waals surface area (Å²) in [5, 5.41) is 9.43. The predicted octanol–water partition coefficient (Wildman–Crippen LogP) is 3.72. The molecule has 9 nitrogen and oxygen atoms in total. The van der Waals surface area contributed by atoms with Gasteiger partial charge in [0.15, 0.2) is 5.16 Å². The Bertz CT molecular complexity index is 1480. The van der Waals surface area contributed by atoms with Crippen LogP contribution in [0.1, 0.15) is 33.6 Å². The van der Waals surface area contributed by atoms with E-state index in [-0.39, 0.29) is 16.3 Å². The number of benzene rings is 2. The van der Waals surface area contributed by atoms with Crippen molar-refractivity contribution in [3.8, 4) is 0 Å². The van der Waals surface area contributed by atoms with Gasteiger partial charge in [-0.15, -0.1) is 5.10 Å². The predicted molar refractivity (Wildman–Crippen MR) is 134 cm³/mol. The number of hydrogen-bond acceptors (Lipinski definition) is 7. The quantitative estimate of drug-likeness (QED) is 0.306. The Labute approximate surface area is 202 Å². The molecule has 0 unspecified atom stereocenters. The second kappa shape index (κ2) is 10.2. The molecule has 2 aromatic heterocycles. The minimum Gasteiger partial charge on any atom is -0.319 e. The van der Waals surface area contributed by atoms with Gasteiger partial charge in [0.05, 0.1) is 27.2 Å². The lowest BCUT2D eigenvalue weighted by molar-refractivity contribution is 0.445. The van der Waals surface area contributed by atoms with Crippen molar-refractivity contribution >= 4 is 43.7 Å². The molecule has 180 valence electrons. The molecule has 0 fully saturated rings. The summed E-state index contributed by atoms with van der Waals surface area (Å²) in [6, 6.07) is 12.2. The van der Waals surface area contributed by atoms with Gasteiger partial charge in [0, 0.05) is 19.6 Å². The summed E-state index contributed by atoms with van der Waals surface area (Å²) in [5.74, 6) is 0.247. The van der Waals surface area contributed by atoms with Crippen molar-refractivity contribution in [3.63, 3.8) is 0 Å². The van der Waals surface area contributed by atoms with Gasteiger partial charge in [-0.3, -0.25) is 4.79 Å². The van der Waals surface area contributed by atoms with Crippen LogP contribution in [0.25, 0.3) is 21.9 Å². The van der Waals surface area contributed by atoms with E-state index < -0.39 is 10.0 Å². The fourth-order valence-corrected chi connectivity index (χ4v) is 6.22. The maximum absolute atomic E-state index is 13.0. The number of sulfonamides is 1. The molecule has 0 saturated carbocycles. The van der Waals surface area contributed by atoms with Crippen LogP contribution in [0, 0.1) is 0 Å². The lowest BCUT2D eigenvalue weighted by Crippen LogP contribution is -2.30. The molecule has 0 aliphatic carbocycles. The average molecular weight is 501 g/mol. The van der Waals surface area contributed by atoms with E-state index in [1.54, 1.807) is 30.3 Å². The molecule has 11 heteroatoms. The molecular formula is C23H28N6O3S2. The standard InChI is InChI=1S/C23H28N6O3S2/c1-4-7-14-28-21-13-12-17(34(31,32)27(5-2)6-3)15-20(21)24-23(28)33-16-29-22(30)18-10-8-9-11-19(18)25-26-29/h8-13,15H,4-7,14,16H2,1-3H3. The van der Waals surface area contributed by atoms with Gasteiger partial charge in [-0.05, 0) is 36.8 Å². The van der Waals surface area contributed by atoms with Gasteiger partial charge in [0.2, 0.25) is 10.0 Å². The number of rotatable bonds is 10. The fourth-order valence-electron chi connectivity index (χ4n) is 3.83.